The van der Waals surface area contributed by atoms with Crippen LogP contribution in [0.3, 0.4) is 0 Å². The Bertz CT molecular complexity index is 213. The Morgan fingerprint density at radius 3 is 1.73 bits per heavy atom. The molecule has 0 aromatic carbocycles. The summed E-state index contributed by atoms with van der Waals surface area (Å²) in [4.78, 5) is 21.7. The number of carbonyl (C=O) groups excluding carboxylic acids is 2. The Morgan fingerprint density at radius 2 is 1.40 bits per heavy atom. The van der Waals surface area contributed by atoms with Crippen LogP contribution in [0.1, 0.15) is 32.1 Å². The van der Waals surface area contributed by atoms with Gasteiger partial charge in [0, 0.05) is 12.8 Å². The highest BCUT2D eigenvalue weighted by molar-refractivity contribution is 5.69. The molecule has 0 heterocycles. The van der Waals surface area contributed by atoms with Crippen molar-refractivity contribution in [2.75, 3.05) is 14.2 Å². The van der Waals surface area contributed by atoms with Crippen molar-refractivity contribution in [3.8, 4) is 0 Å². The molecule has 0 aromatic heterocycles. The Balaban J connectivity index is 2.03. The third-order valence-corrected chi connectivity index (χ3v) is 2.96. The highest BCUT2D eigenvalue weighted by Gasteiger charge is 2.36. The van der Waals surface area contributed by atoms with Crippen LogP contribution < -0.4 is 0 Å². The van der Waals surface area contributed by atoms with Gasteiger partial charge in [0.2, 0.25) is 0 Å². The van der Waals surface area contributed by atoms with Gasteiger partial charge in [-0.3, -0.25) is 9.59 Å². The Labute approximate surface area is 89.9 Å². The third kappa shape index (κ3) is 4.32. The van der Waals surface area contributed by atoms with Crippen molar-refractivity contribution in [1.29, 1.82) is 0 Å². The number of methoxy groups -OCH3 is 2. The first-order valence-corrected chi connectivity index (χ1v) is 5.31. The van der Waals surface area contributed by atoms with Crippen LogP contribution in [0.15, 0.2) is 0 Å². The second-order valence-corrected chi connectivity index (χ2v) is 3.99. The summed E-state index contributed by atoms with van der Waals surface area (Å²) in [7, 11) is 2.81. The van der Waals surface area contributed by atoms with Crippen molar-refractivity contribution in [2.24, 2.45) is 11.8 Å². The van der Waals surface area contributed by atoms with Crippen LogP contribution in [0.25, 0.3) is 0 Å². The van der Waals surface area contributed by atoms with Crippen molar-refractivity contribution >= 4 is 11.9 Å². The van der Waals surface area contributed by atoms with Crippen LogP contribution in [0, 0.1) is 11.8 Å². The molecule has 0 radical (unpaired) electrons. The molecule has 1 aliphatic rings. The molecule has 0 spiro atoms. The van der Waals surface area contributed by atoms with E-state index in [0.29, 0.717) is 24.7 Å². The SMILES string of the molecule is COC(=O)CCC1CC1CCC(=O)OC. The van der Waals surface area contributed by atoms with Gasteiger partial charge >= 0.3 is 11.9 Å². The molecular formula is C11H18O4. The Morgan fingerprint density at radius 1 is 1.00 bits per heavy atom. The zero-order valence-corrected chi connectivity index (χ0v) is 9.32. The predicted molar refractivity (Wildman–Crippen MR) is 54.1 cm³/mol. The van der Waals surface area contributed by atoms with Gasteiger partial charge in [-0.25, -0.2) is 0 Å². The summed E-state index contributed by atoms with van der Waals surface area (Å²) >= 11 is 0. The van der Waals surface area contributed by atoms with E-state index in [1.54, 1.807) is 0 Å². The van der Waals surface area contributed by atoms with Gasteiger partial charge in [0.25, 0.3) is 0 Å². The number of hydrogen-bond donors (Lipinski definition) is 0. The molecule has 0 bridgehead atoms. The lowest BCUT2D eigenvalue weighted by Crippen LogP contribution is -2.02. The molecule has 15 heavy (non-hydrogen) atoms. The molecule has 2 unspecified atom stereocenters. The van der Waals surface area contributed by atoms with E-state index in [4.69, 9.17) is 0 Å². The Hall–Kier alpha value is -1.06. The number of hydrogen-bond acceptors (Lipinski definition) is 4. The van der Waals surface area contributed by atoms with E-state index in [2.05, 4.69) is 9.47 Å². The maximum absolute atomic E-state index is 10.9. The highest BCUT2D eigenvalue weighted by Crippen LogP contribution is 2.45. The second-order valence-electron chi connectivity index (χ2n) is 3.99. The minimum atomic E-state index is -0.145. The minimum Gasteiger partial charge on any atom is -0.469 e. The van der Waals surface area contributed by atoms with Gasteiger partial charge in [0.05, 0.1) is 14.2 Å². The molecule has 0 saturated heterocycles. The zero-order chi connectivity index (χ0) is 11.3. The summed E-state index contributed by atoms with van der Waals surface area (Å²) in [6.07, 6.45) is 3.90. The summed E-state index contributed by atoms with van der Waals surface area (Å²) in [6.45, 7) is 0. The lowest BCUT2D eigenvalue weighted by molar-refractivity contribution is -0.141. The second kappa shape index (κ2) is 5.73. The molecule has 1 saturated carbocycles. The molecule has 2 atom stereocenters. The van der Waals surface area contributed by atoms with Crippen LogP contribution in [0.4, 0.5) is 0 Å². The van der Waals surface area contributed by atoms with Gasteiger partial charge in [-0.05, 0) is 31.1 Å². The summed E-state index contributed by atoms with van der Waals surface area (Å²) in [5, 5.41) is 0. The number of ether oxygens (including phenoxy) is 2. The fraction of sp³-hybridized carbons (Fsp3) is 0.818. The van der Waals surface area contributed by atoms with Gasteiger partial charge in [-0.2, -0.15) is 0 Å². The van der Waals surface area contributed by atoms with Crippen molar-refractivity contribution in [3.05, 3.63) is 0 Å². The number of rotatable bonds is 6. The van der Waals surface area contributed by atoms with E-state index < -0.39 is 0 Å². The lowest BCUT2D eigenvalue weighted by atomic mass is 10.1. The van der Waals surface area contributed by atoms with E-state index in [1.807, 2.05) is 0 Å². The van der Waals surface area contributed by atoms with Crippen LogP contribution in [0.2, 0.25) is 0 Å². The van der Waals surface area contributed by atoms with E-state index in [1.165, 1.54) is 14.2 Å². The summed E-state index contributed by atoms with van der Waals surface area (Å²) in [5.74, 6) is 0.921. The van der Waals surface area contributed by atoms with Crippen molar-refractivity contribution in [3.63, 3.8) is 0 Å². The molecule has 1 aliphatic carbocycles. The summed E-state index contributed by atoms with van der Waals surface area (Å²) in [5.41, 5.74) is 0. The quantitative estimate of drug-likeness (QED) is 0.629. The van der Waals surface area contributed by atoms with E-state index in [9.17, 15) is 9.59 Å². The largest absolute Gasteiger partial charge is 0.469 e. The van der Waals surface area contributed by atoms with Crippen LogP contribution in [-0.2, 0) is 19.1 Å². The molecule has 4 heteroatoms. The highest BCUT2D eigenvalue weighted by atomic mass is 16.5. The lowest BCUT2D eigenvalue weighted by Gasteiger charge is -1.99. The first-order chi connectivity index (χ1) is 7.17. The molecule has 4 nitrogen and oxygen atoms in total. The first-order valence-electron chi connectivity index (χ1n) is 5.31. The summed E-state index contributed by atoms with van der Waals surface area (Å²) < 4.78 is 9.13. The van der Waals surface area contributed by atoms with E-state index in [0.717, 1.165) is 19.3 Å². The van der Waals surface area contributed by atoms with Gasteiger partial charge in [0.15, 0.2) is 0 Å². The fourth-order valence-electron chi connectivity index (χ4n) is 1.83. The fourth-order valence-corrected chi connectivity index (χ4v) is 1.83. The molecule has 1 fully saturated rings. The van der Waals surface area contributed by atoms with Gasteiger partial charge in [0.1, 0.15) is 0 Å². The minimum absolute atomic E-state index is 0.145. The molecule has 0 aliphatic heterocycles. The monoisotopic (exact) mass is 214 g/mol. The van der Waals surface area contributed by atoms with Crippen LogP contribution >= 0.6 is 0 Å². The first kappa shape index (κ1) is 12.0. The third-order valence-electron chi connectivity index (χ3n) is 2.96. The molecule has 86 valence electrons. The molecule has 1 rings (SSSR count). The average molecular weight is 214 g/mol. The molecule has 0 N–H and O–H groups in total. The molecular weight excluding hydrogens is 196 g/mol. The number of carbonyl (C=O) groups is 2. The van der Waals surface area contributed by atoms with Crippen molar-refractivity contribution in [2.45, 2.75) is 32.1 Å². The average Bonchev–Trinajstić information content (AvgIpc) is 3.01. The van der Waals surface area contributed by atoms with Crippen LogP contribution in [-0.4, -0.2) is 26.2 Å². The summed E-state index contributed by atoms with van der Waals surface area (Å²) in [6, 6.07) is 0. The van der Waals surface area contributed by atoms with Gasteiger partial charge in [-0.1, -0.05) is 0 Å². The molecule has 0 aromatic rings. The van der Waals surface area contributed by atoms with Gasteiger partial charge in [-0.15, -0.1) is 0 Å². The maximum Gasteiger partial charge on any atom is 0.305 e. The zero-order valence-electron chi connectivity index (χ0n) is 9.32. The normalized spacial score (nSPS) is 23.3. The van der Waals surface area contributed by atoms with Crippen molar-refractivity contribution in [1.82, 2.24) is 0 Å². The van der Waals surface area contributed by atoms with E-state index >= 15 is 0 Å². The number of esters is 2. The smallest absolute Gasteiger partial charge is 0.305 e. The molecule has 0 amide bonds. The topological polar surface area (TPSA) is 52.6 Å². The standard InChI is InChI=1S/C11H18O4/c1-14-10(12)5-3-8-7-9(8)4-6-11(13)15-2/h8-9H,3-7H2,1-2H3. The van der Waals surface area contributed by atoms with Gasteiger partial charge < -0.3 is 9.47 Å². The maximum atomic E-state index is 10.9. The predicted octanol–water partition coefficient (Wildman–Crippen LogP) is 1.53. The van der Waals surface area contributed by atoms with Crippen molar-refractivity contribution < 1.29 is 19.1 Å². The Kier molecular flexibility index (Phi) is 4.59. The van der Waals surface area contributed by atoms with Crippen LogP contribution in [0.5, 0.6) is 0 Å². The van der Waals surface area contributed by atoms with E-state index in [-0.39, 0.29) is 11.9 Å².